The van der Waals surface area contributed by atoms with Crippen molar-refractivity contribution in [3.05, 3.63) is 70.1 Å². The Morgan fingerprint density at radius 1 is 1.00 bits per heavy atom. The number of aryl methyl sites for hydroxylation is 1. The van der Waals surface area contributed by atoms with Gasteiger partial charge in [-0.1, -0.05) is 37.6 Å². The van der Waals surface area contributed by atoms with Gasteiger partial charge in [0, 0.05) is 4.88 Å². The molecule has 8 nitrogen and oxygen atoms in total. The Morgan fingerprint density at radius 2 is 1.77 bits per heavy atom. The zero-order chi connectivity index (χ0) is 27.4. The van der Waals surface area contributed by atoms with E-state index < -0.39 is 23.9 Å². The quantitative estimate of drug-likeness (QED) is 0.197. The highest BCUT2D eigenvalue weighted by Crippen LogP contribution is 2.38. The summed E-state index contributed by atoms with van der Waals surface area (Å²) in [7, 11) is 0. The van der Waals surface area contributed by atoms with Gasteiger partial charge < -0.3 is 19.2 Å². The third-order valence-corrected chi connectivity index (χ3v) is 7.93. The van der Waals surface area contributed by atoms with Crippen LogP contribution in [0.2, 0.25) is 0 Å². The largest absolute Gasteiger partial charge is 0.462 e. The maximum Gasteiger partial charge on any atom is 0.341 e. The van der Waals surface area contributed by atoms with E-state index in [0.717, 1.165) is 42.5 Å². The lowest BCUT2D eigenvalue weighted by molar-refractivity contribution is -0.124. The molecule has 39 heavy (non-hydrogen) atoms. The number of aromatic nitrogens is 1. The summed E-state index contributed by atoms with van der Waals surface area (Å²) >= 11 is 1.41. The molecule has 1 aliphatic rings. The van der Waals surface area contributed by atoms with Crippen molar-refractivity contribution in [2.24, 2.45) is 0 Å². The summed E-state index contributed by atoms with van der Waals surface area (Å²) in [6.07, 6.45) is 3.95. The van der Waals surface area contributed by atoms with Crippen molar-refractivity contribution in [2.75, 3.05) is 11.9 Å². The van der Waals surface area contributed by atoms with Crippen molar-refractivity contribution in [2.45, 2.75) is 58.5 Å². The lowest BCUT2D eigenvalue weighted by Gasteiger charge is -2.17. The van der Waals surface area contributed by atoms with E-state index >= 15 is 0 Å². The van der Waals surface area contributed by atoms with Crippen LogP contribution >= 0.6 is 11.3 Å². The van der Waals surface area contributed by atoms with E-state index in [1.54, 1.807) is 44.2 Å². The number of fused-ring (bicyclic) bond motifs is 2. The van der Waals surface area contributed by atoms with Crippen LogP contribution in [0.4, 0.5) is 5.00 Å². The highest BCUT2D eigenvalue weighted by Gasteiger charge is 2.30. The molecule has 0 spiro atoms. The minimum Gasteiger partial charge on any atom is -0.462 e. The van der Waals surface area contributed by atoms with Gasteiger partial charge in [-0.2, -0.15) is 0 Å². The Labute approximate surface area is 230 Å². The highest BCUT2D eigenvalue weighted by atomic mass is 32.1. The van der Waals surface area contributed by atoms with Crippen LogP contribution in [-0.4, -0.2) is 35.5 Å². The molecule has 0 saturated carbocycles. The Hall–Kier alpha value is -3.98. The molecule has 1 atom stereocenters. The topological polar surface area (TPSA) is 108 Å². The fourth-order valence-corrected chi connectivity index (χ4v) is 6.07. The normalized spacial score (nSPS) is 13.8. The van der Waals surface area contributed by atoms with Crippen molar-refractivity contribution >= 4 is 45.3 Å². The number of hydrogen-bond donors (Lipinski definition) is 1. The number of amides is 1. The monoisotopic (exact) mass is 546 g/mol. The summed E-state index contributed by atoms with van der Waals surface area (Å²) in [4.78, 5) is 45.1. The molecule has 0 bridgehead atoms. The number of para-hydroxylation sites is 2. The van der Waals surface area contributed by atoms with E-state index in [1.165, 1.54) is 11.3 Å². The predicted molar refractivity (Wildman–Crippen MR) is 149 cm³/mol. The minimum atomic E-state index is -1.06. The Balaban J connectivity index is 1.37. The summed E-state index contributed by atoms with van der Waals surface area (Å²) in [6, 6.07) is 14.2. The molecule has 0 fully saturated rings. The number of nitrogens with one attached hydrogen (secondary N) is 1. The number of carbonyl (C=O) groups is 3. The zero-order valence-electron chi connectivity index (χ0n) is 22.0. The molecule has 0 saturated heterocycles. The maximum absolute atomic E-state index is 13.3. The van der Waals surface area contributed by atoms with Crippen LogP contribution in [0.5, 0.6) is 0 Å². The number of nitrogens with zero attached hydrogens (tertiary/aromatic N) is 1. The molecule has 9 heteroatoms. The zero-order valence-corrected chi connectivity index (χ0v) is 22.8. The molecular formula is C30H30N2O6S. The Bertz CT molecular complexity index is 1490. The number of anilines is 1. The number of ether oxygens (including phenoxy) is 2. The molecule has 1 amide bonds. The fourth-order valence-electron chi connectivity index (χ4n) is 4.79. The van der Waals surface area contributed by atoms with Gasteiger partial charge in [0.1, 0.15) is 10.5 Å². The summed E-state index contributed by atoms with van der Waals surface area (Å²) in [5.74, 6) is -1.31. The minimum absolute atomic E-state index is 0.241. The standard InChI is InChI=1S/C30H30N2O6S/c1-3-22(26(33)32-28-25(30(35)36-4-2)20-14-6-5-7-17-24(20)39-28)38-29(34)19-13-9-8-12-18(19)27-31-21-15-10-11-16-23(21)37-27/h8-13,15-16,22H,3-7,14,17H2,1-2H3,(H,32,33). The summed E-state index contributed by atoms with van der Waals surface area (Å²) in [5.41, 5.74) is 3.38. The smallest absolute Gasteiger partial charge is 0.341 e. The molecule has 0 radical (unpaired) electrons. The van der Waals surface area contributed by atoms with Gasteiger partial charge in [-0.05, 0) is 68.9 Å². The Morgan fingerprint density at radius 3 is 2.56 bits per heavy atom. The van der Waals surface area contributed by atoms with Gasteiger partial charge in [0.05, 0.1) is 23.3 Å². The molecule has 5 rings (SSSR count). The average molecular weight is 547 g/mol. The van der Waals surface area contributed by atoms with E-state index in [1.807, 2.05) is 18.2 Å². The number of hydrogen-bond acceptors (Lipinski definition) is 8. The molecule has 4 aromatic rings. The molecule has 202 valence electrons. The van der Waals surface area contributed by atoms with Gasteiger partial charge in [-0.15, -0.1) is 11.3 Å². The molecule has 1 aliphatic carbocycles. The molecule has 2 heterocycles. The summed E-state index contributed by atoms with van der Waals surface area (Å²) in [6.45, 7) is 3.76. The van der Waals surface area contributed by atoms with Gasteiger partial charge in [0.25, 0.3) is 5.91 Å². The first-order chi connectivity index (χ1) is 19.0. The lowest BCUT2D eigenvalue weighted by Crippen LogP contribution is -2.32. The van der Waals surface area contributed by atoms with Gasteiger partial charge in [0.2, 0.25) is 5.89 Å². The first-order valence-corrected chi connectivity index (χ1v) is 14.1. The van der Waals surface area contributed by atoms with E-state index in [4.69, 9.17) is 13.9 Å². The number of carbonyl (C=O) groups excluding carboxylic acids is 3. The van der Waals surface area contributed by atoms with Crippen LogP contribution < -0.4 is 5.32 Å². The van der Waals surface area contributed by atoms with Crippen molar-refractivity contribution < 1.29 is 28.3 Å². The first kappa shape index (κ1) is 26.6. The van der Waals surface area contributed by atoms with E-state index in [-0.39, 0.29) is 18.6 Å². The molecular weight excluding hydrogens is 516 g/mol. The SMILES string of the molecule is CCOC(=O)c1c(NC(=O)C(CC)OC(=O)c2ccccc2-c2nc3ccccc3o2)sc2c1CCCCC2. The van der Waals surface area contributed by atoms with Crippen molar-refractivity contribution in [3.63, 3.8) is 0 Å². The second-order valence-corrected chi connectivity index (χ2v) is 10.4. The second-order valence-electron chi connectivity index (χ2n) is 9.31. The van der Waals surface area contributed by atoms with Crippen LogP contribution in [0, 0.1) is 0 Å². The lowest BCUT2D eigenvalue weighted by atomic mass is 10.1. The molecule has 2 aromatic heterocycles. The van der Waals surface area contributed by atoms with Crippen LogP contribution in [-0.2, 0) is 27.1 Å². The van der Waals surface area contributed by atoms with Crippen molar-refractivity contribution in [1.29, 1.82) is 0 Å². The third kappa shape index (κ3) is 5.59. The van der Waals surface area contributed by atoms with Crippen molar-refractivity contribution in [3.8, 4) is 11.5 Å². The second kappa shape index (κ2) is 11.8. The average Bonchev–Trinajstić information content (AvgIpc) is 3.45. The molecule has 1 unspecified atom stereocenters. The van der Waals surface area contributed by atoms with Gasteiger partial charge in [-0.25, -0.2) is 14.6 Å². The predicted octanol–water partition coefficient (Wildman–Crippen LogP) is 6.58. The molecule has 2 aromatic carbocycles. The summed E-state index contributed by atoms with van der Waals surface area (Å²) < 4.78 is 16.9. The van der Waals surface area contributed by atoms with Crippen LogP contribution in [0.25, 0.3) is 22.6 Å². The van der Waals surface area contributed by atoms with Crippen LogP contribution in [0.1, 0.15) is 70.7 Å². The number of oxazole rings is 1. The number of rotatable bonds is 8. The number of benzene rings is 2. The van der Waals surface area contributed by atoms with Crippen LogP contribution in [0.15, 0.2) is 52.9 Å². The maximum atomic E-state index is 13.3. The number of thiophene rings is 1. The highest BCUT2D eigenvalue weighted by molar-refractivity contribution is 7.17. The third-order valence-electron chi connectivity index (χ3n) is 6.72. The van der Waals surface area contributed by atoms with E-state index in [2.05, 4.69) is 10.3 Å². The van der Waals surface area contributed by atoms with Crippen LogP contribution in [0.3, 0.4) is 0 Å². The van der Waals surface area contributed by atoms with Crippen molar-refractivity contribution in [1.82, 2.24) is 4.98 Å². The van der Waals surface area contributed by atoms with Gasteiger partial charge in [-0.3, -0.25) is 4.79 Å². The van der Waals surface area contributed by atoms with E-state index in [0.29, 0.717) is 33.1 Å². The van der Waals surface area contributed by atoms with Gasteiger partial charge >= 0.3 is 11.9 Å². The van der Waals surface area contributed by atoms with Gasteiger partial charge in [0.15, 0.2) is 11.7 Å². The van der Waals surface area contributed by atoms with E-state index in [9.17, 15) is 14.4 Å². The fraction of sp³-hybridized carbons (Fsp3) is 0.333. The molecule has 0 aliphatic heterocycles. The summed E-state index contributed by atoms with van der Waals surface area (Å²) in [5, 5.41) is 3.32. The molecule has 1 N–H and O–H groups in total. The first-order valence-electron chi connectivity index (χ1n) is 13.3. The number of esters is 2. The Kier molecular flexibility index (Phi) is 8.07.